The molecule has 2 aromatic carbocycles. The van der Waals surface area contributed by atoms with Crippen LogP contribution in [0.15, 0.2) is 48.5 Å². The molecule has 0 saturated heterocycles. The van der Waals surface area contributed by atoms with E-state index in [2.05, 4.69) is 10.1 Å². The predicted octanol–water partition coefficient (Wildman–Crippen LogP) is 3.24. The van der Waals surface area contributed by atoms with Gasteiger partial charge in [0.2, 0.25) is 6.10 Å². The lowest BCUT2D eigenvalue weighted by Gasteiger charge is -2.29. The lowest BCUT2D eigenvalue weighted by molar-refractivity contribution is -0.215. The summed E-state index contributed by atoms with van der Waals surface area (Å²) in [6.07, 6.45) is -8.13. The van der Waals surface area contributed by atoms with Crippen molar-refractivity contribution in [2.45, 2.75) is 18.2 Å². The number of halogens is 3. The van der Waals surface area contributed by atoms with Gasteiger partial charge in [-0.3, -0.25) is 9.35 Å². The van der Waals surface area contributed by atoms with E-state index >= 15 is 0 Å². The first-order valence-electron chi connectivity index (χ1n) is 7.73. The second kappa shape index (κ2) is 6.86. The van der Waals surface area contributed by atoms with Gasteiger partial charge in [0, 0.05) is 11.4 Å². The number of nitrogens with one attached hydrogen (secondary N) is 1. The van der Waals surface area contributed by atoms with Gasteiger partial charge < -0.3 is 10.1 Å². The Balaban J connectivity index is 1.99. The molecule has 0 spiro atoms. The Morgan fingerprint density at radius 2 is 1.56 bits per heavy atom. The Morgan fingerprint density at radius 1 is 1.07 bits per heavy atom. The van der Waals surface area contributed by atoms with Gasteiger partial charge in [0.15, 0.2) is 0 Å². The van der Waals surface area contributed by atoms with Crippen LogP contribution in [0.25, 0.3) is 0 Å². The van der Waals surface area contributed by atoms with Gasteiger partial charge in [0.25, 0.3) is 10.1 Å². The SMILES string of the molecule is O=C(OC(CS(=O)(=O)O)C(F)(F)F)C1c2ccccc2Nc2ccccc21. The fourth-order valence-electron chi connectivity index (χ4n) is 2.89. The van der Waals surface area contributed by atoms with Crippen LogP contribution in [0, 0.1) is 0 Å². The molecule has 2 aromatic rings. The van der Waals surface area contributed by atoms with Crippen molar-refractivity contribution >= 4 is 27.5 Å². The van der Waals surface area contributed by atoms with E-state index in [1.807, 2.05) is 0 Å². The number of rotatable bonds is 4. The van der Waals surface area contributed by atoms with Crippen molar-refractivity contribution in [3.05, 3.63) is 59.7 Å². The first-order valence-corrected chi connectivity index (χ1v) is 9.34. The Hall–Kier alpha value is -2.59. The summed E-state index contributed by atoms with van der Waals surface area (Å²) >= 11 is 0. The Labute approximate surface area is 152 Å². The van der Waals surface area contributed by atoms with Crippen LogP contribution in [-0.2, 0) is 19.6 Å². The molecule has 0 amide bonds. The van der Waals surface area contributed by atoms with E-state index < -0.39 is 40.0 Å². The third-order valence-corrected chi connectivity index (χ3v) is 4.76. The number of alkyl halides is 3. The van der Waals surface area contributed by atoms with Gasteiger partial charge in [-0.15, -0.1) is 0 Å². The molecule has 0 fully saturated rings. The first-order chi connectivity index (χ1) is 12.6. The zero-order chi connectivity index (χ0) is 19.8. The first kappa shape index (κ1) is 19.2. The minimum absolute atomic E-state index is 0.397. The van der Waals surface area contributed by atoms with Crippen LogP contribution >= 0.6 is 0 Å². The van der Waals surface area contributed by atoms with Crippen LogP contribution in [0.5, 0.6) is 0 Å². The summed E-state index contributed by atoms with van der Waals surface area (Å²) in [6.45, 7) is 0. The van der Waals surface area contributed by atoms with E-state index in [1.54, 1.807) is 48.5 Å². The van der Waals surface area contributed by atoms with E-state index in [9.17, 15) is 26.4 Å². The van der Waals surface area contributed by atoms with Crippen LogP contribution in [0.3, 0.4) is 0 Å². The summed E-state index contributed by atoms with van der Waals surface area (Å²) in [7, 11) is -5.01. The molecule has 1 heterocycles. The fraction of sp³-hybridized carbons (Fsp3) is 0.235. The van der Waals surface area contributed by atoms with E-state index in [1.165, 1.54) is 0 Å². The van der Waals surface area contributed by atoms with Crippen LogP contribution in [0.1, 0.15) is 17.0 Å². The van der Waals surface area contributed by atoms with E-state index in [0.717, 1.165) is 0 Å². The number of para-hydroxylation sites is 2. The zero-order valence-electron chi connectivity index (χ0n) is 13.6. The third-order valence-electron chi connectivity index (χ3n) is 4.03. The highest BCUT2D eigenvalue weighted by atomic mass is 32.2. The van der Waals surface area contributed by atoms with Gasteiger partial charge >= 0.3 is 12.1 Å². The van der Waals surface area contributed by atoms with Crippen LogP contribution in [0.2, 0.25) is 0 Å². The second-order valence-corrected chi connectivity index (χ2v) is 7.45. The van der Waals surface area contributed by atoms with Crippen molar-refractivity contribution < 1.29 is 35.7 Å². The Morgan fingerprint density at radius 3 is 2.00 bits per heavy atom. The summed E-state index contributed by atoms with van der Waals surface area (Å²) in [5.41, 5.74) is 1.84. The van der Waals surface area contributed by atoms with Crippen molar-refractivity contribution in [1.29, 1.82) is 0 Å². The minimum atomic E-state index is -5.16. The van der Waals surface area contributed by atoms with Gasteiger partial charge in [-0.2, -0.15) is 21.6 Å². The Bertz CT molecular complexity index is 929. The molecule has 1 atom stereocenters. The third kappa shape index (κ3) is 4.22. The molecular weight excluding hydrogens is 387 g/mol. The van der Waals surface area contributed by atoms with Gasteiger partial charge in [0.1, 0.15) is 11.7 Å². The minimum Gasteiger partial charge on any atom is -0.451 e. The monoisotopic (exact) mass is 401 g/mol. The molecule has 144 valence electrons. The molecule has 0 aliphatic carbocycles. The van der Waals surface area contributed by atoms with Crippen molar-refractivity contribution in [2.75, 3.05) is 11.1 Å². The summed E-state index contributed by atoms with van der Waals surface area (Å²) in [6, 6.07) is 13.1. The predicted molar refractivity (Wildman–Crippen MR) is 90.4 cm³/mol. The van der Waals surface area contributed by atoms with Crippen molar-refractivity contribution in [3.63, 3.8) is 0 Å². The van der Waals surface area contributed by atoms with Crippen molar-refractivity contribution in [2.24, 2.45) is 0 Å². The molecule has 6 nitrogen and oxygen atoms in total. The van der Waals surface area contributed by atoms with E-state index in [4.69, 9.17) is 4.55 Å². The maximum absolute atomic E-state index is 13.1. The van der Waals surface area contributed by atoms with Gasteiger partial charge in [-0.25, -0.2) is 0 Å². The Kier molecular flexibility index (Phi) is 4.87. The number of fused-ring (bicyclic) bond motifs is 2. The smallest absolute Gasteiger partial charge is 0.426 e. The standard InChI is InChI=1S/C17H14F3NO5S/c18-17(19,20)14(9-27(23,24)25)26-16(22)15-10-5-1-3-7-12(10)21-13-8-4-2-6-11(13)15/h1-8,14-15,21H,9H2,(H,23,24,25). The quantitative estimate of drug-likeness (QED) is 0.604. The molecular formula is C17H14F3NO5S. The number of anilines is 2. The summed E-state index contributed by atoms with van der Waals surface area (Å²) in [5, 5.41) is 3.08. The van der Waals surface area contributed by atoms with Crippen LogP contribution in [-0.4, -0.2) is 37.0 Å². The molecule has 0 saturated carbocycles. The lowest BCUT2D eigenvalue weighted by Crippen LogP contribution is -2.41. The lowest BCUT2D eigenvalue weighted by atomic mass is 9.86. The normalized spacial score (nSPS) is 15.3. The average Bonchev–Trinajstić information content (AvgIpc) is 2.57. The molecule has 27 heavy (non-hydrogen) atoms. The summed E-state index contributed by atoms with van der Waals surface area (Å²) in [5.74, 6) is -4.21. The zero-order valence-corrected chi connectivity index (χ0v) is 14.4. The average molecular weight is 401 g/mol. The van der Waals surface area contributed by atoms with Gasteiger partial charge in [0.05, 0.1) is 0 Å². The number of ether oxygens (including phenoxy) is 1. The van der Waals surface area contributed by atoms with Gasteiger partial charge in [-0.05, 0) is 23.3 Å². The number of hydrogen-bond donors (Lipinski definition) is 2. The van der Waals surface area contributed by atoms with Crippen LogP contribution < -0.4 is 5.32 Å². The van der Waals surface area contributed by atoms with E-state index in [0.29, 0.717) is 22.5 Å². The highest BCUT2D eigenvalue weighted by molar-refractivity contribution is 7.85. The number of benzene rings is 2. The summed E-state index contributed by atoms with van der Waals surface area (Å²) in [4.78, 5) is 12.6. The number of carbonyl (C=O) groups excluding carboxylic acids is 1. The molecule has 2 N–H and O–H groups in total. The molecule has 1 unspecified atom stereocenters. The van der Waals surface area contributed by atoms with Gasteiger partial charge in [-0.1, -0.05) is 36.4 Å². The molecule has 1 aliphatic heterocycles. The molecule has 10 heteroatoms. The second-order valence-electron chi connectivity index (χ2n) is 5.95. The van der Waals surface area contributed by atoms with E-state index in [-0.39, 0.29) is 0 Å². The largest absolute Gasteiger partial charge is 0.451 e. The number of esters is 1. The maximum atomic E-state index is 13.1. The topological polar surface area (TPSA) is 92.7 Å². The molecule has 0 radical (unpaired) electrons. The maximum Gasteiger partial charge on any atom is 0.426 e. The molecule has 0 aromatic heterocycles. The summed E-state index contributed by atoms with van der Waals surface area (Å²) < 4.78 is 74.4. The number of carbonyl (C=O) groups is 1. The molecule has 1 aliphatic rings. The van der Waals surface area contributed by atoms with Crippen molar-refractivity contribution in [3.8, 4) is 0 Å². The highest BCUT2D eigenvalue weighted by Gasteiger charge is 2.47. The van der Waals surface area contributed by atoms with Crippen LogP contribution in [0.4, 0.5) is 24.5 Å². The molecule has 3 rings (SSSR count). The highest BCUT2D eigenvalue weighted by Crippen LogP contribution is 2.42. The number of hydrogen-bond acceptors (Lipinski definition) is 5. The van der Waals surface area contributed by atoms with Crippen molar-refractivity contribution in [1.82, 2.24) is 0 Å². The molecule has 0 bridgehead atoms. The fourth-order valence-corrected chi connectivity index (χ4v) is 3.53.